The molecular weight excluding hydrogens is 364 g/mol. The molecule has 2 amide bonds. The van der Waals surface area contributed by atoms with Gasteiger partial charge in [0.25, 0.3) is 5.91 Å². The van der Waals surface area contributed by atoms with E-state index < -0.39 is 0 Å². The van der Waals surface area contributed by atoms with Crippen molar-refractivity contribution in [2.75, 3.05) is 25.5 Å². The van der Waals surface area contributed by atoms with Crippen LogP contribution in [0.1, 0.15) is 41.6 Å². The van der Waals surface area contributed by atoms with E-state index >= 15 is 0 Å². The normalized spacial score (nSPS) is 18.7. The van der Waals surface area contributed by atoms with Gasteiger partial charge in [-0.2, -0.15) is 0 Å². The zero-order valence-corrected chi connectivity index (χ0v) is 17.2. The number of anilines is 1. The summed E-state index contributed by atoms with van der Waals surface area (Å²) in [5, 5.41) is 6.10. The van der Waals surface area contributed by atoms with Crippen LogP contribution in [0.2, 0.25) is 0 Å². The largest absolute Gasteiger partial charge is 0.377 e. The highest BCUT2D eigenvalue weighted by atomic mass is 16.2. The second-order valence-corrected chi connectivity index (χ2v) is 7.92. The molecule has 1 aromatic carbocycles. The van der Waals surface area contributed by atoms with Gasteiger partial charge >= 0.3 is 0 Å². The number of nitrogens with one attached hydrogen (secondary N) is 2. The molecule has 0 spiro atoms. The molecule has 0 saturated heterocycles. The number of pyridine rings is 1. The predicted octanol–water partition coefficient (Wildman–Crippen LogP) is 3.00. The molecule has 6 nitrogen and oxygen atoms in total. The summed E-state index contributed by atoms with van der Waals surface area (Å²) in [4.78, 5) is 31.0. The Hall–Kier alpha value is -2.89. The van der Waals surface area contributed by atoms with E-state index in [9.17, 15) is 9.59 Å². The number of benzene rings is 1. The van der Waals surface area contributed by atoms with Gasteiger partial charge in [-0.05, 0) is 55.4 Å². The summed E-state index contributed by atoms with van der Waals surface area (Å²) in [5.41, 5.74) is 2.62. The fourth-order valence-corrected chi connectivity index (χ4v) is 3.85. The Kier molecular flexibility index (Phi) is 7.22. The van der Waals surface area contributed by atoms with E-state index in [1.54, 1.807) is 12.4 Å². The van der Waals surface area contributed by atoms with Crippen molar-refractivity contribution in [3.05, 3.63) is 59.9 Å². The molecule has 6 heteroatoms. The molecule has 2 N–H and O–H groups in total. The van der Waals surface area contributed by atoms with E-state index in [2.05, 4.69) is 15.6 Å². The highest BCUT2D eigenvalue weighted by Gasteiger charge is 2.26. The van der Waals surface area contributed by atoms with Gasteiger partial charge in [0.2, 0.25) is 5.91 Å². The molecule has 0 bridgehead atoms. The number of carbonyl (C=O) groups is 2. The average Bonchev–Trinajstić information content (AvgIpc) is 2.76. The van der Waals surface area contributed by atoms with Crippen molar-refractivity contribution in [2.24, 2.45) is 11.8 Å². The minimum atomic E-state index is -0.0364. The molecule has 154 valence electrons. The van der Waals surface area contributed by atoms with Crippen molar-refractivity contribution in [2.45, 2.75) is 32.2 Å². The molecule has 1 heterocycles. The van der Waals surface area contributed by atoms with E-state index in [0.29, 0.717) is 24.6 Å². The third kappa shape index (κ3) is 5.79. The minimum Gasteiger partial charge on any atom is -0.377 e. The van der Waals surface area contributed by atoms with Gasteiger partial charge in [-0.25, -0.2) is 0 Å². The molecule has 0 radical (unpaired) electrons. The third-order valence-electron chi connectivity index (χ3n) is 5.59. The number of carbonyl (C=O) groups excluding carboxylic acids is 2. The van der Waals surface area contributed by atoms with Crippen molar-refractivity contribution >= 4 is 17.5 Å². The highest BCUT2D eigenvalue weighted by molar-refractivity contribution is 5.99. The van der Waals surface area contributed by atoms with Crippen LogP contribution in [0.3, 0.4) is 0 Å². The molecular formula is C23H30N4O2. The van der Waals surface area contributed by atoms with Crippen molar-refractivity contribution in [1.29, 1.82) is 0 Å². The maximum absolute atomic E-state index is 12.6. The van der Waals surface area contributed by atoms with Crippen molar-refractivity contribution in [3.8, 4) is 0 Å². The number of nitrogens with zero attached hydrogens (tertiary/aromatic N) is 2. The molecule has 1 aliphatic carbocycles. The summed E-state index contributed by atoms with van der Waals surface area (Å²) >= 11 is 0. The summed E-state index contributed by atoms with van der Waals surface area (Å²) in [5.74, 6) is 0.572. The molecule has 29 heavy (non-hydrogen) atoms. The van der Waals surface area contributed by atoms with E-state index in [0.717, 1.165) is 36.9 Å². The Labute approximate surface area is 172 Å². The second-order valence-electron chi connectivity index (χ2n) is 7.92. The maximum atomic E-state index is 12.6. The van der Waals surface area contributed by atoms with E-state index in [1.165, 1.54) is 0 Å². The van der Waals surface area contributed by atoms with Crippen LogP contribution >= 0.6 is 0 Å². The summed E-state index contributed by atoms with van der Waals surface area (Å²) in [7, 11) is 3.87. The van der Waals surface area contributed by atoms with Crippen LogP contribution in [-0.2, 0) is 11.3 Å². The van der Waals surface area contributed by atoms with Crippen LogP contribution < -0.4 is 15.5 Å². The summed E-state index contributed by atoms with van der Waals surface area (Å²) < 4.78 is 0. The maximum Gasteiger partial charge on any atom is 0.253 e. The predicted molar refractivity (Wildman–Crippen MR) is 115 cm³/mol. The van der Waals surface area contributed by atoms with Crippen molar-refractivity contribution in [1.82, 2.24) is 15.6 Å². The summed E-state index contributed by atoms with van der Waals surface area (Å²) in [6, 6.07) is 11.5. The molecule has 1 saturated carbocycles. The molecule has 1 fully saturated rings. The van der Waals surface area contributed by atoms with Gasteiger partial charge < -0.3 is 15.5 Å². The quantitative estimate of drug-likeness (QED) is 0.757. The first kappa shape index (κ1) is 20.8. The van der Waals surface area contributed by atoms with Crippen LogP contribution in [0.5, 0.6) is 0 Å². The Bertz CT molecular complexity index is 815. The van der Waals surface area contributed by atoms with Gasteiger partial charge in [0.05, 0.1) is 5.56 Å². The van der Waals surface area contributed by atoms with Crippen LogP contribution in [0.25, 0.3) is 0 Å². The number of aromatic nitrogens is 1. The van der Waals surface area contributed by atoms with Gasteiger partial charge in [-0.3, -0.25) is 14.6 Å². The smallest absolute Gasteiger partial charge is 0.253 e. The zero-order valence-electron chi connectivity index (χ0n) is 17.2. The Morgan fingerprint density at radius 3 is 2.48 bits per heavy atom. The number of para-hydroxylation sites is 1. The monoisotopic (exact) mass is 394 g/mol. The lowest BCUT2D eigenvalue weighted by atomic mass is 9.81. The fraction of sp³-hybridized carbons (Fsp3) is 0.435. The first-order chi connectivity index (χ1) is 14.0. The number of hydrogen-bond acceptors (Lipinski definition) is 4. The SMILES string of the molecule is CN(C)c1ccccc1C(=O)NCC1CCC(C(=O)NCc2cccnc2)CC1. The first-order valence-electron chi connectivity index (χ1n) is 10.3. The molecule has 1 aromatic heterocycles. The number of hydrogen-bond donors (Lipinski definition) is 2. The van der Waals surface area contributed by atoms with Gasteiger partial charge in [0.1, 0.15) is 0 Å². The van der Waals surface area contributed by atoms with Crippen LogP contribution in [0.4, 0.5) is 5.69 Å². The lowest BCUT2D eigenvalue weighted by Crippen LogP contribution is -2.36. The van der Waals surface area contributed by atoms with Crippen LogP contribution in [0.15, 0.2) is 48.8 Å². The minimum absolute atomic E-state index is 0.0364. The topological polar surface area (TPSA) is 74.3 Å². The highest BCUT2D eigenvalue weighted by Crippen LogP contribution is 2.29. The van der Waals surface area contributed by atoms with Crippen LogP contribution in [0, 0.1) is 11.8 Å². The summed E-state index contributed by atoms with van der Waals surface area (Å²) in [6.07, 6.45) is 7.15. The first-order valence-corrected chi connectivity index (χ1v) is 10.3. The van der Waals surface area contributed by atoms with E-state index in [4.69, 9.17) is 0 Å². The van der Waals surface area contributed by atoms with Gasteiger partial charge in [0, 0.05) is 51.2 Å². The molecule has 0 atom stereocenters. The van der Waals surface area contributed by atoms with Crippen molar-refractivity contribution in [3.63, 3.8) is 0 Å². The molecule has 1 aliphatic rings. The fourth-order valence-electron chi connectivity index (χ4n) is 3.85. The lowest BCUT2D eigenvalue weighted by Gasteiger charge is -2.28. The average molecular weight is 395 g/mol. The zero-order chi connectivity index (χ0) is 20.6. The van der Waals surface area contributed by atoms with Gasteiger partial charge in [0.15, 0.2) is 0 Å². The van der Waals surface area contributed by atoms with E-state index in [1.807, 2.05) is 55.4 Å². The molecule has 3 rings (SSSR count). The lowest BCUT2D eigenvalue weighted by molar-refractivity contribution is -0.126. The second kappa shape index (κ2) is 10.0. The van der Waals surface area contributed by atoms with Crippen molar-refractivity contribution < 1.29 is 9.59 Å². The molecule has 0 aliphatic heterocycles. The Morgan fingerprint density at radius 1 is 1.03 bits per heavy atom. The third-order valence-corrected chi connectivity index (χ3v) is 5.59. The Morgan fingerprint density at radius 2 is 1.79 bits per heavy atom. The Balaban J connectivity index is 1.42. The number of rotatable bonds is 7. The van der Waals surface area contributed by atoms with Gasteiger partial charge in [-0.1, -0.05) is 18.2 Å². The standard InChI is InChI=1S/C23H30N4O2/c1-27(2)21-8-4-3-7-20(21)23(29)26-15-17-9-11-19(12-10-17)22(28)25-16-18-6-5-13-24-14-18/h3-8,13-14,17,19H,9-12,15-16H2,1-2H3,(H,25,28)(H,26,29). The molecule has 2 aromatic rings. The molecule has 0 unspecified atom stereocenters. The number of amides is 2. The van der Waals surface area contributed by atoms with Crippen LogP contribution in [-0.4, -0.2) is 37.4 Å². The summed E-state index contributed by atoms with van der Waals surface area (Å²) in [6.45, 7) is 1.18. The van der Waals surface area contributed by atoms with E-state index in [-0.39, 0.29) is 17.7 Å². The van der Waals surface area contributed by atoms with Gasteiger partial charge in [-0.15, -0.1) is 0 Å².